The van der Waals surface area contributed by atoms with Gasteiger partial charge < -0.3 is 33.8 Å². The smallest absolute Gasteiger partial charge is 0.462 e. The molecule has 558 valence electrons. The molecule has 0 spiro atoms. The fourth-order valence-corrected chi connectivity index (χ4v) is 13.0. The number of aliphatic hydroxyl groups excluding tert-OH is 1. The average Bonchev–Trinajstić information content (AvgIpc) is 3.67. The molecule has 0 bridgehead atoms. The van der Waals surface area contributed by atoms with Gasteiger partial charge in [-0.2, -0.15) is 0 Å². The summed E-state index contributed by atoms with van der Waals surface area (Å²) in [4.78, 5) is 72.8. The van der Waals surface area contributed by atoms with Crippen molar-refractivity contribution in [1.82, 2.24) is 0 Å². The molecule has 0 aromatic heterocycles. The van der Waals surface area contributed by atoms with Gasteiger partial charge in [-0.3, -0.25) is 37.3 Å². The van der Waals surface area contributed by atoms with E-state index in [-0.39, 0.29) is 25.7 Å². The van der Waals surface area contributed by atoms with Crippen molar-refractivity contribution in [2.24, 2.45) is 23.7 Å². The maximum absolute atomic E-state index is 13.1. The lowest BCUT2D eigenvalue weighted by molar-refractivity contribution is -0.161. The molecular weight excluding hydrogens is 1230 g/mol. The Hall–Kier alpha value is -1.94. The molecule has 0 rings (SSSR count). The molecule has 3 N–H and O–H groups in total. The molecule has 0 aliphatic heterocycles. The van der Waals surface area contributed by atoms with Crippen molar-refractivity contribution in [2.45, 2.75) is 395 Å². The molecular formula is C75H146O17P2. The highest BCUT2D eigenvalue weighted by molar-refractivity contribution is 7.47. The Morgan fingerprint density at radius 3 is 0.660 bits per heavy atom. The summed E-state index contributed by atoms with van der Waals surface area (Å²) in [6.45, 7) is 14.1. The van der Waals surface area contributed by atoms with Crippen LogP contribution in [-0.4, -0.2) is 96.7 Å². The van der Waals surface area contributed by atoms with Crippen LogP contribution in [0.4, 0.5) is 0 Å². The van der Waals surface area contributed by atoms with Gasteiger partial charge in [-0.1, -0.05) is 325 Å². The van der Waals surface area contributed by atoms with E-state index in [0.717, 1.165) is 114 Å². The van der Waals surface area contributed by atoms with Crippen LogP contribution in [0.2, 0.25) is 0 Å². The van der Waals surface area contributed by atoms with Gasteiger partial charge in [0.2, 0.25) is 0 Å². The van der Waals surface area contributed by atoms with E-state index in [1.807, 2.05) is 0 Å². The zero-order valence-electron chi connectivity index (χ0n) is 61.6. The molecule has 17 nitrogen and oxygen atoms in total. The molecule has 19 heteroatoms. The molecule has 0 aliphatic carbocycles. The van der Waals surface area contributed by atoms with Gasteiger partial charge in [0.25, 0.3) is 0 Å². The average molecular weight is 1380 g/mol. The third-order valence-corrected chi connectivity index (χ3v) is 19.2. The van der Waals surface area contributed by atoms with Crippen LogP contribution in [0.5, 0.6) is 0 Å². The number of phosphoric acid groups is 2. The number of phosphoric ester groups is 2. The molecule has 94 heavy (non-hydrogen) atoms. The fraction of sp³-hybridized carbons (Fsp3) is 0.947. The predicted molar refractivity (Wildman–Crippen MR) is 381 cm³/mol. The first-order valence-corrected chi connectivity index (χ1v) is 41.7. The van der Waals surface area contributed by atoms with Crippen LogP contribution in [0.25, 0.3) is 0 Å². The van der Waals surface area contributed by atoms with E-state index < -0.39 is 97.5 Å². The van der Waals surface area contributed by atoms with Gasteiger partial charge in [0.05, 0.1) is 26.4 Å². The van der Waals surface area contributed by atoms with Gasteiger partial charge in [-0.25, -0.2) is 9.13 Å². The molecule has 0 radical (unpaired) electrons. The third-order valence-electron chi connectivity index (χ3n) is 17.3. The van der Waals surface area contributed by atoms with Crippen molar-refractivity contribution in [3.63, 3.8) is 0 Å². The summed E-state index contributed by atoms with van der Waals surface area (Å²) in [6, 6.07) is 0. The highest BCUT2D eigenvalue weighted by Crippen LogP contribution is 2.45. The van der Waals surface area contributed by atoms with Crippen molar-refractivity contribution in [2.75, 3.05) is 39.6 Å². The second-order valence-corrected chi connectivity index (χ2v) is 31.9. The number of rotatable bonds is 72. The Morgan fingerprint density at radius 1 is 0.266 bits per heavy atom. The molecule has 0 saturated carbocycles. The van der Waals surface area contributed by atoms with E-state index >= 15 is 0 Å². The minimum atomic E-state index is -4.96. The number of unbranched alkanes of at least 4 members (excludes halogenated alkanes) is 38. The normalized spacial score (nSPS) is 14.2. The molecule has 0 saturated heterocycles. The highest BCUT2D eigenvalue weighted by Gasteiger charge is 2.30. The van der Waals surface area contributed by atoms with E-state index in [1.165, 1.54) is 180 Å². The number of hydrogen-bond donors (Lipinski definition) is 3. The number of esters is 4. The van der Waals surface area contributed by atoms with Crippen LogP contribution in [0.1, 0.15) is 376 Å². The Labute approximate surface area is 575 Å². The van der Waals surface area contributed by atoms with Crippen molar-refractivity contribution >= 4 is 39.5 Å². The molecule has 0 fully saturated rings. The van der Waals surface area contributed by atoms with Gasteiger partial charge in [0.15, 0.2) is 12.2 Å². The van der Waals surface area contributed by atoms with Gasteiger partial charge in [-0.15, -0.1) is 0 Å². The molecule has 0 amide bonds. The van der Waals surface area contributed by atoms with Gasteiger partial charge >= 0.3 is 39.5 Å². The zero-order valence-corrected chi connectivity index (χ0v) is 63.4. The van der Waals surface area contributed by atoms with Crippen molar-refractivity contribution in [1.29, 1.82) is 0 Å². The predicted octanol–water partition coefficient (Wildman–Crippen LogP) is 21.7. The molecule has 3 unspecified atom stereocenters. The lowest BCUT2D eigenvalue weighted by Gasteiger charge is -2.21. The highest BCUT2D eigenvalue weighted by atomic mass is 31.2. The Morgan fingerprint density at radius 2 is 0.447 bits per heavy atom. The summed E-state index contributed by atoms with van der Waals surface area (Å²) in [7, 11) is -9.91. The largest absolute Gasteiger partial charge is 0.472 e. The fourth-order valence-electron chi connectivity index (χ4n) is 11.4. The minimum Gasteiger partial charge on any atom is -0.462 e. The van der Waals surface area contributed by atoms with Gasteiger partial charge in [0.1, 0.15) is 19.3 Å². The van der Waals surface area contributed by atoms with Crippen molar-refractivity contribution < 1.29 is 80.2 Å². The molecule has 0 heterocycles. The Balaban J connectivity index is 5.25. The monoisotopic (exact) mass is 1380 g/mol. The Bertz CT molecular complexity index is 1850. The summed E-state index contributed by atoms with van der Waals surface area (Å²) >= 11 is 0. The summed E-state index contributed by atoms with van der Waals surface area (Å²) < 4.78 is 68.5. The first kappa shape index (κ1) is 92.1. The van der Waals surface area contributed by atoms with Crippen LogP contribution >= 0.6 is 15.6 Å². The van der Waals surface area contributed by atoms with E-state index in [2.05, 4.69) is 55.4 Å². The van der Waals surface area contributed by atoms with Crippen LogP contribution in [0.15, 0.2) is 0 Å². The Kier molecular flexibility index (Phi) is 63.1. The second kappa shape index (κ2) is 64.4. The first-order chi connectivity index (χ1) is 45.1. The number of carbonyl (C=O) groups excluding carboxylic acids is 4. The van der Waals surface area contributed by atoms with E-state index in [0.29, 0.717) is 25.7 Å². The first-order valence-electron chi connectivity index (χ1n) is 38.7. The number of ether oxygens (including phenoxy) is 4. The van der Waals surface area contributed by atoms with Crippen LogP contribution in [0.3, 0.4) is 0 Å². The van der Waals surface area contributed by atoms with Crippen molar-refractivity contribution in [3.8, 4) is 0 Å². The zero-order chi connectivity index (χ0) is 69.6. The number of hydrogen-bond acceptors (Lipinski definition) is 15. The molecule has 5 atom stereocenters. The second-order valence-electron chi connectivity index (χ2n) is 28.9. The summed E-state index contributed by atoms with van der Waals surface area (Å²) in [5.41, 5.74) is 0. The molecule has 0 aromatic rings. The van der Waals surface area contributed by atoms with Gasteiger partial charge in [-0.05, 0) is 49.4 Å². The quantitative estimate of drug-likeness (QED) is 0.0222. The molecule has 0 aromatic carbocycles. The lowest BCUT2D eigenvalue weighted by Crippen LogP contribution is -2.30. The van der Waals surface area contributed by atoms with Crippen LogP contribution in [0, 0.1) is 23.7 Å². The molecule has 0 aliphatic rings. The maximum atomic E-state index is 13.1. The summed E-state index contributed by atoms with van der Waals surface area (Å²) in [5, 5.41) is 10.6. The van der Waals surface area contributed by atoms with E-state index in [9.17, 15) is 43.2 Å². The number of aliphatic hydroxyl groups is 1. The van der Waals surface area contributed by atoms with Crippen molar-refractivity contribution in [3.05, 3.63) is 0 Å². The van der Waals surface area contributed by atoms with Crippen LogP contribution in [-0.2, 0) is 65.4 Å². The number of carbonyl (C=O) groups is 4. The lowest BCUT2D eigenvalue weighted by atomic mass is 10.0. The SMILES string of the molecule is CC(C)CCCCCCCCCCCCCCCCCC(=O)O[C@H](COC(=O)CCCCCCCCCCCCCC(C)C)COP(=O)(O)OCC(O)COP(=O)(O)OC[C@@H](COC(=O)CCCCCCCCCCC(C)C)OC(=O)CCCCCCCCCCC(C)C. The van der Waals surface area contributed by atoms with Crippen LogP contribution < -0.4 is 0 Å². The van der Waals surface area contributed by atoms with E-state index in [4.69, 9.17) is 37.0 Å². The topological polar surface area (TPSA) is 237 Å². The summed E-state index contributed by atoms with van der Waals surface area (Å²) in [5.74, 6) is 0.895. The summed E-state index contributed by atoms with van der Waals surface area (Å²) in [6.07, 6.45) is 48.6. The maximum Gasteiger partial charge on any atom is 0.472 e. The van der Waals surface area contributed by atoms with Gasteiger partial charge in [0, 0.05) is 25.7 Å². The standard InChI is InChI=1S/C75H146O17P2/c1-65(2)51-43-35-27-19-15-12-10-9-11-13-17-22-33-41-49-57-74(79)91-70(61-85-72(77)55-47-39-31-21-18-14-16-20-28-36-44-52-66(3)4)63-89-93(81,82)87-59-69(76)60-88-94(83,84)90-64-71(92-75(80)58-50-42-34-26-24-30-38-46-54-68(7)8)62-86-73(78)56-48-40-32-25-23-29-37-45-53-67(5)6/h65-71,76H,9-64H2,1-8H3,(H,81,82)(H,83,84)/t69?,70-,71-/m1/s1. The third kappa shape index (κ3) is 68.6. The minimum absolute atomic E-state index is 0.104. The van der Waals surface area contributed by atoms with E-state index in [1.54, 1.807) is 0 Å².